The summed E-state index contributed by atoms with van der Waals surface area (Å²) < 4.78 is 6.04. The zero-order valence-electron chi connectivity index (χ0n) is 9.85. The van der Waals surface area contributed by atoms with Crippen LogP contribution in [0.15, 0.2) is 6.20 Å². The van der Waals surface area contributed by atoms with E-state index in [0.717, 1.165) is 0 Å². The first kappa shape index (κ1) is 12.6. The maximum atomic E-state index is 11.1. The molecule has 1 heterocycles. The molecule has 1 rings (SSSR count). The number of ether oxygens (including phenoxy) is 1. The van der Waals surface area contributed by atoms with E-state index in [1.165, 1.54) is 18.0 Å². The summed E-state index contributed by atoms with van der Waals surface area (Å²) in [6.45, 7) is 0.439. The third kappa shape index (κ3) is 3.95. The van der Waals surface area contributed by atoms with Crippen molar-refractivity contribution in [1.29, 1.82) is 0 Å². The van der Waals surface area contributed by atoms with Gasteiger partial charge < -0.3 is 4.74 Å². The van der Waals surface area contributed by atoms with Crippen LogP contribution in [0.5, 0.6) is 0 Å². The Morgan fingerprint density at radius 1 is 1.56 bits per heavy atom. The minimum atomic E-state index is -0.823. The molecule has 0 aromatic carbocycles. The van der Waals surface area contributed by atoms with Crippen LogP contribution in [-0.4, -0.2) is 46.8 Å². The van der Waals surface area contributed by atoms with Gasteiger partial charge in [0.25, 0.3) is 0 Å². The molecule has 88 valence electrons. The van der Waals surface area contributed by atoms with Gasteiger partial charge in [-0.15, -0.1) is 5.10 Å². The van der Waals surface area contributed by atoms with E-state index < -0.39 is 16.0 Å². The lowest BCUT2D eigenvalue weighted by Crippen LogP contribution is -2.01. The fourth-order valence-electron chi connectivity index (χ4n) is 0.904. The van der Waals surface area contributed by atoms with Crippen molar-refractivity contribution in [1.82, 2.24) is 15.0 Å². The Morgan fingerprint density at radius 2 is 2.25 bits per heavy atom. The molecule has 1 aromatic heterocycles. The van der Waals surface area contributed by atoms with Crippen LogP contribution < -0.4 is 0 Å². The lowest BCUT2D eigenvalue weighted by molar-refractivity contribution is 0.0594. The minimum absolute atomic E-state index is 0.201. The summed E-state index contributed by atoms with van der Waals surface area (Å²) in [5.74, 6) is 2.52. The smallest absolute Gasteiger partial charge is 0.360 e. The molecule has 0 atom stereocenters. The van der Waals surface area contributed by atoms with E-state index in [1.807, 2.05) is 0 Å². The summed E-state index contributed by atoms with van der Waals surface area (Å²) in [6.07, 6.45) is 7.86. The van der Waals surface area contributed by atoms with Crippen LogP contribution in [0.25, 0.3) is 0 Å². The van der Waals surface area contributed by atoms with Gasteiger partial charge in [-0.05, 0) is 18.8 Å². The van der Waals surface area contributed by atoms with E-state index in [2.05, 4.69) is 45.0 Å². The zero-order chi connectivity index (χ0) is 12.2. The van der Waals surface area contributed by atoms with Crippen LogP contribution in [0.4, 0.5) is 0 Å². The van der Waals surface area contributed by atoms with Gasteiger partial charge in [-0.25, -0.2) is 9.48 Å². The standard InChI is InChI=1S/C10H15N3O2S/c1-15-10(14)9-8-13(12-11-9)6-5-7-16(2,3)4/h8H,6H2,1-4H3. The van der Waals surface area contributed by atoms with Crippen molar-refractivity contribution >= 4 is 16.0 Å². The Bertz CT molecular complexity index is 437. The fourth-order valence-corrected chi connectivity index (χ4v) is 1.40. The van der Waals surface area contributed by atoms with Crippen molar-refractivity contribution in [2.75, 3.05) is 25.9 Å². The molecule has 0 unspecified atom stereocenters. The van der Waals surface area contributed by atoms with Gasteiger partial charge in [0.1, 0.15) is 6.54 Å². The van der Waals surface area contributed by atoms with Crippen molar-refractivity contribution in [3.05, 3.63) is 11.9 Å². The van der Waals surface area contributed by atoms with E-state index in [0.29, 0.717) is 6.54 Å². The second kappa shape index (κ2) is 5.03. The van der Waals surface area contributed by atoms with Crippen LogP contribution in [0.2, 0.25) is 0 Å². The SMILES string of the molecule is COC(=O)c1cn(CC#CS(C)(C)C)nn1. The van der Waals surface area contributed by atoms with Crippen molar-refractivity contribution in [2.24, 2.45) is 0 Å². The Hall–Kier alpha value is -1.48. The summed E-state index contributed by atoms with van der Waals surface area (Å²) in [5, 5.41) is 10.6. The lowest BCUT2D eigenvalue weighted by Gasteiger charge is -2.14. The molecule has 16 heavy (non-hydrogen) atoms. The second-order valence-corrected chi connectivity index (χ2v) is 7.79. The maximum absolute atomic E-state index is 11.1. The largest absolute Gasteiger partial charge is 0.464 e. The Balaban J connectivity index is 2.65. The predicted octanol–water partition coefficient (Wildman–Crippen LogP) is 0.720. The number of carbonyl (C=O) groups is 1. The fraction of sp³-hybridized carbons (Fsp3) is 0.500. The molecule has 1 aromatic rings. The molecule has 0 aliphatic carbocycles. The molecule has 0 saturated carbocycles. The first-order valence-corrected chi connectivity index (χ1v) is 7.44. The molecule has 0 saturated heterocycles. The highest BCUT2D eigenvalue weighted by atomic mass is 32.3. The van der Waals surface area contributed by atoms with E-state index in [1.54, 1.807) is 0 Å². The van der Waals surface area contributed by atoms with E-state index >= 15 is 0 Å². The van der Waals surface area contributed by atoms with E-state index in [9.17, 15) is 4.79 Å². The van der Waals surface area contributed by atoms with Gasteiger partial charge >= 0.3 is 5.97 Å². The van der Waals surface area contributed by atoms with Crippen LogP contribution >= 0.6 is 10.0 Å². The molecule has 0 aliphatic rings. The number of methoxy groups -OCH3 is 1. The summed E-state index contributed by atoms with van der Waals surface area (Å²) >= 11 is 0. The number of rotatable bonds is 2. The van der Waals surface area contributed by atoms with Crippen molar-refractivity contribution < 1.29 is 9.53 Å². The van der Waals surface area contributed by atoms with Gasteiger partial charge in [0.2, 0.25) is 0 Å². The van der Waals surface area contributed by atoms with Crippen LogP contribution in [0.3, 0.4) is 0 Å². The van der Waals surface area contributed by atoms with Crippen molar-refractivity contribution in [3.8, 4) is 11.2 Å². The highest BCUT2D eigenvalue weighted by molar-refractivity contribution is 8.35. The number of nitrogens with zero attached hydrogens (tertiary/aromatic N) is 3. The molecule has 0 fully saturated rings. The number of aromatic nitrogens is 3. The Kier molecular flexibility index (Phi) is 3.96. The van der Waals surface area contributed by atoms with Gasteiger partial charge in [-0.3, -0.25) is 0 Å². The second-order valence-electron chi connectivity index (χ2n) is 3.91. The van der Waals surface area contributed by atoms with Gasteiger partial charge in [-0.1, -0.05) is 16.4 Å². The number of hydrogen-bond acceptors (Lipinski definition) is 4. The Morgan fingerprint density at radius 3 is 2.81 bits per heavy atom. The Labute approximate surface area is 96.5 Å². The first-order chi connectivity index (χ1) is 7.42. The average molecular weight is 241 g/mol. The van der Waals surface area contributed by atoms with Gasteiger partial charge in [0.05, 0.1) is 13.3 Å². The molecule has 6 heteroatoms. The topological polar surface area (TPSA) is 57.0 Å². The van der Waals surface area contributed by atoms with Gasteiger partial charge in [0.15, 0.2) is 5.69 Å². The summed E-state index contributed by atoms with van der Waals surface area (Å²) in [6, 6.07) is 0. The van der Waals surface area contributed by atoms with Crippen LogP contribution in [0, 0.1) is 11.2 Å². The molecular formula is C10H15N3O2S. The monoisotopic (exact) mass is 241 g/mol. The molecule has 0 N–H and O–H groups in total. The first-order valence-electron chi connectivity index (χ1n) is 4.59. The highest BCUT2D eigenvalue weighted by Gasteiger charge is 2.09. The van der Waals surface area contributed by atoms with Crippen LogP contribution in [-0.2, 0) is 11.3 Å². The molecule has 0 amide bonds. The van der Waals surface area contributed by atoms with Gasteiger partial charge in [-0.2, -0.15) is 10.0 Å². The number of carbonyl (C=O) groups excluding carboxylic acids is 1. The molecular weight excluding hydrogens is 226 g/mol. The molecule has 0 radical (unpaired) electrons. The maximum Gasteiger partial charge on any atom is 0.360 e. The third-order valence-corrected chi connectivity index (χ3v) is 2.31. The molecule has 5 nitrogen and oxygen atoms in total. The van der Waals surface area contributed by atoms with Crippen LogP contribution in [0.1, 0.15) is 10.5 Å². The normalized spacial score (nSPS) is 11.5. The highest BCUT2D eigenvalue weighted by Crippen LogP contribution is 2.31. The summed E-state index contributed by atoms with van der Waals surface area (Å²) in [7, 11) is 0.487. The van der Waals surface area contributed by atoms with E-state index in [4.69, 9.17) is 0 Å². The predicted molar refractivity (Wildman–Crippen MR) is 64.5 cm³/mol. The molecule has 0 aliphatic heterocycles. The number of hydrogen-bond donors (Lipinski definition) is 0. The third-order valence-electron chi connectivity index (χ3n) is 1.55. The van der Waals surface area contributed by atoms with Crippen molar-refractivity contribution in [2.45, 2.75) is 6.54 Å². The summed E-state index contributed by atoms with van der Waals surface area (Å²) in [5.41, 5.74) is 0.201. The quantitative estimate of drug-likeness (QED) is 0.565. The molecule has 0 bridgehead atoms. The van der Waals surface area contributed by atoms with Gasteiger partial charge in [0, 0.05) is 0 Å². The van der Waals surface area contributed by atoms with E-state index in [-0.39, 0.29) is 5.69 Å². The van der Waals surface area contributed by atoms with Crippen molar-refractivity contribution in [3.63, 3.8) is 0 Å². The summed E-state index contributed by atoms with van der Waals surface area (Å²) in [4.78, 5) is 11.1. The average Bonchev–Trinajstić information content (AvgIpc) is 2.63. The lowest BCUT2D eigenvalue weighted by atomic mass is 10.5. The zero-order valence-corrected chi connectivity index (χ0v) is 10.7. The minimum Gasteiger partial charge on any atom is -0.464 e. The number of esters is 1. The molecule has 0 spiro atoms.